The molecule has 2 aromatic rings. The lowest BCUT2D eigenvalue weighted by Gasteiger charge is -2.12. The Kier molecular flexibility index (Phi) is 7.40. The molecule has 6 nitrogen and oxygen atoms in total. The molecule has 0 aliphatic heterocycles. The second-order valence-corrected chi connectivity index (χ2v) is 6.41. The molecule has 1 aromatic heterocycles. The van der Waals surface area contributed by atoms with Crippen LogP contribution in [-0.2, 0) is 6.54 Å². The molecule has 1 heterocycles. The third-order valence-electron chi connectivity index (χ3n) is 3.39. The highest BCUT2D eigenvalue weighted by atomic mass is 35.5. The van der Waals surface area contributed by atoms with E-state index in [2.05, 4.69) is 34.6 Å². The van der Waals surface area contributed by atoms with Crippen LogP contribution in [0.5, 0.6) is 5.75 Å². The normalized spacial score (nSPS) is 11.7. The average Bonchev–Trinajstić information content (AvgIpc) is 3.07. The summed E-state index contributed by atoms with van der Waals surface area (Å²) in [6.07, 6.45) is 0. The number of nitrogens with one attached hydrogen (secondary N) is 2. The lowest BCUT2D eigenvalue weighted by Crippen LogP contribution is -2.38. The van der Waals surface area contributed by atoms with Crippen LogP contribution in [0.3, 0.4) is 0 Å². The topological polar surface area (TPSA) is 71.7 Å². The Balaban J connectivity index is 1.74. The first-order chi connectivity index (χ1) is 12.0. The molecular formula is C17H22Cl2N4O2. The first-order valence-electron chi connectivity index (χ1n) is 7.98. The molecule has 0 bridgehead atoms. The maximum atomic E-state index is 6.07. The van der Waals surface area contributed by atoms with Crippen molar-refractivity contribution in [3.63, 3.8) is 0 Å². The van der Waals surface area contributed by atoms with E-state index in [-0.39, 0.29) is 0 Å². The number of halogens is 2. The standard InChI is InChI=1S/C17H22Cl2N4O2/c1-11(2)14-9-12(25-23-14)10-22-17(20-3)21-7-8-24-15-6-4-5-13(18)16(15)19/h4-6,9,11H,7-8,10H2,1-3H3,(H2,20,21,22). The van der Waals surface area contributed by atoms with Crippen LogP contribution in [-0.4, -0.2) is 31.3 Å². The highest BCUT2D eigenvalue weighted by Crippen LogP contribution is 2.31. The maximum absolute atomic E-state index is 6.07. The maximum Gasteiger partial charge on any atom is 0.191 e. The number of aliphatic imine (C=N–C) groups is 1. The molecular weight excluding hydrogens is 363 g/mol. The predicted molar refractivity (Wildman–Crippen MR) is 101 cm³/mol. The Hall–Kier alpha value is -1.92. The minimum Gasteiger partial charge on any atom is -0.490 e. The molecule has 0 aliphatic rings. The number of hydrogen-bond donors (Lipinski definition) is 2. The van der Waals surface area contributed by atoms with E-state index in [9.17, 15) is 0 Å². The molecule has 8 heteroatoms. The van der Waals surface area contributed by atoms with E-state index in [1.165, 1.54) is 0 Å². The summed E-state index contributed by atoms with van der Waals surface area (Å²) >= 11 is 12.0. The summed E-state index contributed by atoms with van der Waals surface area (Å²) < 4.78 is 10.9. The Labute approximate surface area is 157 Å². The molecule has 25 heavy (non-hydrogen) atoms. The second kappa shape index (κ2) is 9.53. The molecule has 0 aliphatic carbocycles. The van der Waals surface area contributed by atoms with Gasteiger partial charge >= 0.3 is 0 Å². The Bertz CT molecular complexity index is 716. The van der Waals surface area contributed by atoms with Crippen molar-refractivity contribution in [2.45, 2.75) is 26.3 Å². The smallest absolute Gasteiger partial charge is 0.191 e. The zero-order valence-electron chi connectivity index (χ0n) is 14.5. The van der Waals surface area contributed by atoms with E-state index in [0.717, 1.165) is 11.5 Å². The highest BCUT2D eigenvalue weighted by molar-refractivity contribution is 6.42. The van der Waals surface area contributed by atoms with Gasteiger partial charge in [-0.15, -0.1) is 0 Å². The average molecular weight is 385 g/mol. The van der Waals surface area contributed by atoms with Crippen LogP contribution in [0.2, 0.25) is 10.0 Å². The van der Waals surface area contributed by atoms with Crippen molar-refractivity contribution >= 4 is 29.2 Å². The fourth-order valence-electron chi connectivity index (χ4n) is 2.00. The van der Waals surface area contributed by atoms with Gasteiger partial charge in [0.2, 0.25) is 0 Å². The van der Waals surface area contributed by atoms with Crippen LogP contribution in [0.4, 0.5) is 0 Å². The molecule has 0 amide bonds. The molecule has 2 N–H and O–H groups in total. The summed E-state index contributed by atoms with van der Waals surface area (Å²) in [6.45, 7) is 5.61. The third kappa shape index (κ3) is 5.83. The van der Waals surface area contributed by atoms with Crippen LogP contribution in [0.1, 0.15) is 31.2 Å². The van der Waals surface area contributed by atoms with E-state index >= 15 is 0 Å². The van der Waals surface area contributed by atoms with Gasteiger partial charge in [0, 0.05) is 13.1 Å². The summed E-state index contributed by atoms with van der Waals surface area (Å²) in [5.41, 5.74) is 0.937. The zero-order chi connectivity index (χ0) is 18.2. The van der Waals surface area contributed by atoms with Crippen molar-refractivity contribution in [2.24, 2.45) is 4.99 Å². The fourth-order valence-corrected chi connectivity index (χ4v) is 2.35. The Morgan fingerprint density at radius 2 is 2.12 bits per heavy atom. The van der Waals surface area contributed by atoms with Gasteiger partial charge in [0.1, 0.15) is 17.4 Å². The van der Waals surface area contributed by atoms with Crippen LogP contribution >= 0.6 is 23.2 Å². The monoisotopic (exact) mass is 384 g/mol. The third-order valence-corrected chi connectivity index (χ3v) is 4.19. The lowest BCUT2D eigenvalue weighted by molar-refractivity contribution is 0.322. The highest BCUT2D eigenvalue weighted by Gasteiger charge is 2.08. The first-order valence-corrected chi connectivity index (χ1v) is 8.73. The number of ether oxygens (including phenoxy) is 1. The van der Waals surface area contributed by atoms with Crippen molar-refractivity contribution in [1.82, 2.24) is 15.8 Å². The van der Waals surface area contributed by atoms with Gasteiger partial charge in [-0.3, -0.25) is 4.99 Å². The van der Waals surface area contributed by atoms with Crippen molar-refractivity contribution in [2.75, 3.05) is 20.2 Å². The number of hydrogen-bond acceptors (Lipinski definition) is 4. The van der Waals surface area contributed by atoms with Crippen molar-refractivity contribution in [1.29, 1.82) is 0 Å². The van der Waals surface area contributed by atoms with E-state index < -0.39 is 0 Å². The van der Waals surface area contributed by atoms with Gasteiger partial charge in [-0.1, -0.05) is 48.3 Å². The SMILES string of the molecule is CN=C(NCCOc1cccc(Cl)c1Cl)NCc1cc(C(C)C)no1. The summed E-state index contributed by atoms with van der Waals surface area (Å²) in [4.78, 5) is 4.15. The Morgan fingerprint density at radius 3 is 2.80 bits per heavy atom. The number of guanidine groups is 1. The van der Waals surface area contributed by atoms with Crippen LogP contribution in [0.25, 0.3) is 0 Å². The molecule has 0 radical (unpaired) electrons. The quantitative estimate of drug-likeness (QED) is 0.430. The summed E-state index contributed by atoms with van der Waals surface area (Å²) in [5, 5.41) is 11.2. The molecule has 1 aromatic carbocycles. The predicted octanol–water partition coefficient (Wildman–Crippen LogP) is 3.85. The van der Waals surface area contributed by atoms with Gasteiger partial charge in [0.25, 0.3) is 0 Å². The molecule has 136 valence electrons. The van der Waals surface area contributed by atoms with Crippen molar-refractivity contribution in [3.05, 3.63) is 45.8 Å². The van der Waals surface area contributed by atoms with Gasteiger partial charge in [-0.2, -0.15) is 0 Å². The lowest BCUT2D eigenvalue weighted by atomic mass is 10.1. The van der Waals surface area contributed by atoms with Gasteiger partial charge in [-0.25, -0.2) is 0 Å². The molecule has 2 rings (SSSR count). The summed E-state index contributed by atoms with van der Waals surface area (Å²) in [5.74, 6) is 2.30. The van der Waals surface area contributed by atoms with Gasteiger partial charge in [-0.05, 0) is 18.1 Å². The Morgan fingerprint density at radius 1 is 1.32 bits per heavy atom. The first kappa shape index (κ1) is 19.4. The number of nitrogens with zero attached hydrogens (tertiary/aromatic N) is 2. The minimum atomic E-state index is 0.338. The van der Waals surface area contributed by atoms with Crippen molar-refractivity contribution in [3.8, 4) is 5.75 Å². The number of aromatic nitrogens is 1. The summed E-state index contributed by atoms with van der Waals surface area (Å²) in [6, 6.07) is 7.22. The van der Waals surface area contributed by atoms with E-state index in [1.807, 2.05) is 6.07 Å². The van der Waals surface area contributed by atoms with Crippen molar-refractivity contribution < 1.29 is 9.26 Å². The van der Waals surface area contributed by atoms with E-state index in [4.69, 9.17) is 32.5 Å². The van der Waals surface area contributed by atoms with Gasteiger partial charge in [0.05, 0.1) is 23.8 Å². The molecule has 0 unspecified atom stereocenters. The van der Waals surface area contributed by atoms with E-state index in [0.29, 0.717) is 47.4 Å². The molecule has 0 spiro atoms. The van der Waals surface area contributed by atoms with Gasteiger partial charge < -0.3 is 19.9 Å². The van der Waals surface area contributed by atoms with Crippen LogP contribution < -0.4 is 15.4 Å². The molecule has 0 atom stereocenters. The fraction of sp³-hybridized carbons (Fsp3) is 0.412. The molecule has 0 fully saturated rings. The van der Waals surface area contributed by atoms with Crippen LogP contribution in [0.15, 0.2) is 33.8 Å². The summed E-state index contributed by atoms with van der Waals surface area (Å²) in [7, 11) is 1.70. The number of benzene rings is 1. The number of rotatable bonds is 7. The minimum absolute atomic E-state index is 0.338. The largest absolute Gasteiger partial charge is 0.490 e. The zero-order valence-corrected chi connectivity index (χ0v) is 16.0. The second-order valence-electron chi connectivity index (χ2n) is 5.63. The van der Waals surface area contributed by atoms with E-state index in [1.54, 1.807) is 25.2 Å². The van der Waals surface area contributed by atoms with Gasteiger partial charge in [0.15, 0.2) is 11.7 Å². The molecule has 0 saturated heterocycles. The molecule has 0 saturated carbocycles. The van der Waals surface area contributed by atoms with Crippen LogP contribution in [0, 0.1) is 0 Å².